The standard InChI is InChI=1S/C18H15ClFNO3/c1-12-2-8-15(10-16(12)19)21-17(22)11-24-18(23)9-5-13-3-6-14(20)7-4-13/h2-10H,11H2,1H3,(H,21,22)/b9-5+. The highest BCUT2D eigenvalue weighted by molar-refractivity contribution is 6.31. The number of hydrogen-bond donors (Lipinski definition) is 1. The third-order valence-electron chi connectivity index (χ3n) is 3.08. The van der Waals surface area contributed by atoms with Crippen molar-refractivity contribution in [3.63, 3.8) is 0 Å². The van der Waals surface area contributed by atoms with E-state index in [0.29, 0.717) is 16.3 Å². The lowest BCUT2D eigenvalue weighted by molar-refractivity contribution is -0.142. The van der Waals surface area contributed by atoms with Gasteiger partial charge in [0.15, 0.2) is 6.61 Å². The molecule has 124 valence electrons. The van der Waals surface area contributed by atoms with Crippen LogP contribution >= 0.6 is 11.6 Å². The number of carbonyl (C=O) groups is 2. The summed E-state index contributed by atoms with van der Waals surface area (Å²) in [5.74, 6) is -1.50. The Morgan fingerprint density at radius 1 is 1.21 bits per heavy atom. The van der Waals surface area contributed by atoms with Crippen molar-refractivity contribution >= 4 is 35.2 Å². The Labute approximate surface area is 143 Å². The van der Waals surface area contributed by atoms with E-state index in [1.54, 1.807) is 18.2 Å². The fourth-order valence-electron chi connectivity index (χ4n) is 1.79. The number of aryl methyl sites for hydroxylation is 1. The maximum absolute atomic E-state index is 12.8. The molecule has 0 bridgehead atoms. The highest BCUT2D eigenvalue weighted by Gasteiger charge is 2.06. The molecule has 0 radical (unpaired) electrons. The van der Waals surface area contributed by atoms with Crippen molar-refractivity contribution in [2.45, 2.75) is 6.92 Å². The van der Waals surface area contributed by atoms with Gasteiger partial charge in [0.05, 0.1) is 0 Å². The van der Waals surface area contributed by atoms with Gasteiger partial charge in [-0.25, -0.2) is 9.18 Å². The minimum atomic E-state index is -0.670. The van der Waals surface area contributed by atoms with Crippen LogP contribution in [-0.2, 0) is 14.3 Å². The maximum atomic E-state index is 12.8. The van der Waals surface area contributed by atoms with Crippen LogP contribution in [-0.4, -0.2) is 18.5 Å². The van der Waals surface area contributed by atoms with Gasteiger partial charge in [0, 0.05) is 16.8 Å². The van der Waals surface area contributed by atoms with Crippen LogP contribution in [0.1, 0.15) is 11.1 Å². The second-order valence-corrected chi connectivity index (χ2v) is 5.41. The van der Waals surface area contributed by atoms with E-state index in [1.165, 1.54) is 36.4 Å². The van der Waals surface area contributed by atoms with Crippen LogP contribution in [0.4, 0.5) is 10.1 Å². The monoisotopic (exact) mass is 347 g/mol. The Balaban J connectivity index is 1.81. The molecule has 0 heterocycles. The van der Waals surface area contributed by atoms with Crippen LogP contribution in [0.5, 0.6) is 0 Å². The third kappa shape index (κ3) is 5.52. The Kier molecular flexibility index (Phi) is 6.09. The lowest BCUT2D eigenvalue weighted by atomic mass is 10.2. The average Bonchev–Trinajstić information content (AvgIpc) is 2.56. The first kappa shape index (κ1) is 17.7. The number of rotatable bonds is 5. The van der Waals surface area contributed by atoms with Crippen LogP contribution in [0.15, 0.2) is 48.5 Å². The Morgan fingerprint density at radius 2 is 1.92 bits per heavy atom. The summed E-state index contributed by atoms with van der Waals surface area (Å²) in [5.41, 5.74) is 2.06. The molecule has 0 unspecified atom stereocenters. The minimum Gasteiger partial charge on any atom is -0.452 e. The zero-order chi connectivity index (χ0) is 17.5. The first-order valence-corrected chi connectivity index (χ1v) is 7.48. The lowest BCUT2D eigenvalue weighted by Gasteiger charge is -2.07. The molecule has 0 aliphatic rings. The summed E-state index contributed by atoms with van der Waals surface area (Å²) < 4.78 is 17.6. The Morgan fingerprint density at radius 3 is 2.58 bits per heavy atom. The molecule has 2 aromatic rings. The van der Waals surface area contributed by atoms with E-state index in [0.717, 1.165) is 5.56 Å². The van der Waals surface area contributed by atoms with Crippen molar-refractivity contribution < 1.29 is 18.7 Å². The quantitative estimate of drug-likeness (QED) is 0.657. The van der Waals surface area contributed by atoms with Crippen LogP contribution in [0.3, 0.4) is 0 Å². The van der Waals surface area contributed by atoms with Crippen molar-refractivity contribution in [2.24, 2.45) is 0 Å². The van der Waals surface area contributed by atoms with Gasteiger partial charge < -0.3 is 10.1 Å². The molecule has 0 spiro atoms. The van der Waals surface area contributed by atoms with Crippen molar-refractivity contribution in [3.05, 3.63) is 70.5 Å². The van der Waals surface area contributed by atoms with Crippen LogP contribution in [0.2, 0.25) is 5.02 Å². The summed E-state index contributed by atoms with van der Waals surface area (Å²) in [6, 6.07) is 10.7. The molecule has 0 aliphatic heterocycles. The summed E-state index contributed by atoms with van der Waals surface area (Å²) in [5, 5.41) is 3.11. The van der Waals surface area contributed by atoms with Crippen LogP contribution in [0.25, 0.3) is 6.08 Å². The maximum Gasteiger partial charge on any atom is 0.331 e. The Hall–Kier alpha value is -2.66. The molecule has 0 saturated heterocycles. The summed E-state index contributed by atoms with van der Waals surface area (Å²) >= 11 is 5.96. The topological polar surface area (TPSA) is 55.4 Å². The van der Waals surface area contributed by atoms with E-state index in [1.807, 2.05) is 6.92 Å². The fraction of sp³-hybridized carbons (Fsp3) is 0.111. The van der Waals surface area contributed by atoms with Gasteiger partial charge in [0.1, 0.15) is 5.82 Å². The van der Waals surface area contributed by atoms with Crippen LogP contribution in [0, 0.1) is 12.7 Å². The molecule has 2 rings (SSSR count). The normalized spacial score (nSPS) is 10.6. The first-order valence-electron chi connectivity index (χ1n) is 7.10. The van der Waals surface area contributed by atoms with Gasteiger partial charge in [-0.3, -0.25) is 4.79 Å². The van der Waals surface area contributed by atoms with Gasteiger partial charge in [-0.15, -0.1) is 0 Å². The van der Waals surface area contributed by atoms with Gasteiger partial charge in [-0.1, -0.05) is 29.8 Å². The fourth-order valence-corrected chi connectivity index (χ4v) is 1.97. The van der Waals surface area contributed by atoms with E-state index < -0.39 is 18.5 Å². The number of amides is 1. The minimum absolute atomic E-state index is 0.359. The summed E-state index contributed by atoms with van der Waals surface area (Å²) in [6.45, 7) is 1.43. The van der Waals surface area contributed by atoms with E-state index in [4.69, 9.17) is 16.3 Å². The highest BCUT2D eigenvalue weighted by Crippen LogP contribution is 2.19. The number of anilines is 1. The molecule has 0 atom stereocenters. The average molecular weight is 348 g/mol. The molecule has 0 aromatic heterocycles. The van der Waals surface area contributed by atoms with Gasteiger partial charge in [0.2, 0.25) is 0 Å². The summed E-state index contributed by atoms with van der Waals surface area (Å²) in [6.07, 6.45) is 2.64. The largest absolute Gasteiger partial charge is 0.452 e. The summed E-state index contributed by atoms with van der Waals surface area (Å²) in [7, 11) is 0. The van der Waals surface area contributed by atoms with Gasteiger partial charge in [-0.2, -0.15) is 0 Å². The number of carbonyl (C=O) groups excluding carboxylic acids is 2. The zero-order valence-electron chi connectivity index (χ0n) is 12.9. The predicted molar refractivity (Wildman–Crippen MR) is 91.2 cm³/mol. The van der Waals surface area contributed by atoms with Gasteiger partial charge >= 0.3 is 5.97 Å². The highest BCUT2D eigenvalue weighted by atomic mass is 35.5. The van der Waals surface area contributed by atoms with E-state index in [2.05, 4.69) is 5.32 Å². The molecule has 0 fully saturated rings. The molecule has 2 aromatic carbocycles. The van der Waals surface area contributed by atoms with Gasteiger partial charge in [0.25, 0.3) is 5.91 Å². The molecule has 0 aliphatic carbocycles. The van der Waals surface area contributed by atoms with Crippen LogP contribution < -0.4 is 5.32 Å². The predicted octanol–water partition coefficient (Wildman–Crippen LogP) is 3.98. The number of ether oxygens (including phenoxy) is 1. The summed E-state index contributed by atoms with van der Waals surface area (Å²) in [4.78, 5) is 23.3. The molecular formula is C18H15ClFNO3. The molecular weight excluding hydrogens is 333 g/mol. The van der Waals surface area contributed by atoms with Crippen molar-refractivity contribution in [1.29, 1.82) is 0 Å². The molecule has 1 N–H and O–H groups in total. The first-order chi connectivity index (χ1) is 11.4. The molecule has 6 heteroatoms. The van der Waals surface area contributed by atoms with Crippen molar-refractivity contribution in [2.75, 3.05) is 11.9 Å². The number of hydrogen-bond acceptors (Lipinski definition) is 3. The second-order valence-electron chi connectivity index (χ2n) is 5.00. The molecule has 0 saturated carbocycles. The van der Waals surface area contributed by atoms with E-state index in [-0.39, 0.29) is 5.82 Å². The third-order valence-corrected chi connectivity index (χ3v) is 3.49. The second kappa shape index (κ2) is 8.26. The number of esters is 1. The molecule has 24 heavy (non-hydrogen) atoms. The van der Waals surface area contributed by atoms with E-state index in [9.17, 15) is 14.0 Å². The van der Waals surface area contributed by atoms with Crippen molar-refractivity contribution in [3.8, 4) is 0 Å². The number of benzene rings is 2. The SMILES string of the molecule is Cc1ccc(NC(=O)COC(=O)/C=C/c2ccc(F)cc2)cc1Cl. The molecule has 1 amide bonds. The van der Waals surface area contributed by atoms with E-state index >= 15 is 0 Å². The molecule has 4 nitrogen and oxygen atoms in total. The smallest absolute Gasteiger partial charge is 0.331 e. The number of halogens is 2. The van der Waals surface area contributed by atoms with Gasteiger partial charge in [-0.05, 0) is 48.4 Å². The van der Waals surface area contributed by atoms with Crippen molar-refractivity contribution in [1.82, 2.24) is 0 Å². The Bertz CT molecular complexity index is 772. The zero-order valence-corrected chi connectivity index (χ0v) is 13.6. The lowest BCUT2D eigenvalue weighted by Crippen LogP contribution is -2.20. The number of nitrogens with one attached hydrogen (secondary N) is 1.